The molecule has 0 saturated carbocycles. The van der Waals surface area contributed by atoms with Crippen LogP contribution in [0.4, 0.5) is 5.82 Å². The van der Waals surface area contributed by atoms with E-state index in [9.17, 15) is 13.2 Å². The van der Waals surface area contributed by atoms with Crippen LogP contribution in [0.1, 0.15) is 0 Å². The topological polar surface area (TPSA) is 76.1 Å². The predicted octanol–water partition coefficient (Wildman–Crippen LogP) is 0.718. The largest absolute Gasteiger partial charge is 0.310 e. The number of anilines is 1. The molecule has 0 aliphatic rings. The number of nitrogens with zero attached hydrogens (tertiary/aromatic N) is 1. The van der Waals surface area contributed by atoms with E-state index < -0.39 is 21.5 Å². The Morgan fingerprint density at radius 2 is 2.20 bits per heavy atom. The van der Waals surface area contributed by atoms with Gasteiger partial charge in [-0.25, -0.2) is 13.4 Å². The van der Waals surface area contributed by atoms with Crippen molar-refractivity contribution in [2.45, 2.75) is 0 Å². The molecule has 0 saturated heterocycles. The van der Waals surface area contributed by atoms with Crippen LogP contribution in [0.3, 0.4) is 0 Å². The summed E-state index contributed by atoms with van der Waals surface area (Å²) in [4.78, 5) is 14.9. The molecule has 1 N–H and O–H groups in total. The number of pyridine rings is 1. The summed E-state index contributed by atoms with van der Waals surface area (Å²) in [6.45, 7) is 0. The molecular weight excluding hydrogens is 240 g/mol. The molecule has 0 aromatic carbocycles. The van der Waals surface area contributed by atoms with Crippen LogP contribution in [-0.2, 0) is 14.6 Å². The summed E-state index contributed by atoms with van der Waals surface area (Å²) >= 11 is 5.58. The summed E-state index contributed by atoms with van der Waals surface area (Å²) in [7, 11) is -3.33. The molecule has 82 valence electrons. The highest BCUT2D eigenvalue weighted by Gasteiger charge is 2.11. The first kappa shape index (κ1) is 11.9. The van der Waals surface area contributed by atoms with Gasteiger partial charge in [0.15, 0.2) is 9.84 Å². The standard InChI is InChI=1S/C8H9ClN2O3S/c1-15(13,14)5-8(12)11-7-4-2-3-6(9)10-7/h2-4H,5H2,1H3,(H,10,11,12). The van der Waals surface area contributed by atoms with E-state index in [0.717, 1.165) is 6.26 Å². The molecule has 0 aliphatic heterocycles. The fourth-order valence-electron chi connectivity index (χ4n) is 0.895. The van der Waals surface area contributed by atoms with Gasteiger partial charge in [0.1, 0.15) is 16.7 Å². The maximum absolute atomic E-state index is 11.2. The van der Waals surface area contributed by atoms with Crippen molar-refractivity contribution in [3.05, 3.63) is 23.4 Å². The lowest BCUT2D eigenvalue weighted by Gasteiger charge is -2.02. The average Bonchev–Trinajstić information content (AvgIpc) is 1.99. The summed E-state index contributed by atoms with van der Waals surface area (Å²) in [5.41, 5.74) is 0. The number of halogens is 1. The minimum Gasteiger partial charge on any atom is -0.310 e. The van der Waals surface area contributed by atoms with Crippen LogP contribution >= 0.6 is 11.6 Å². The van der Waals surface area contributed by atoms with E-state index in [1.807, 2.05) is 0 Å². The highest BCUT2D eigenvalue weighted by atomic mass is 35.5. The fourth-order valence-corrected chi connectivity index (χ4v) is 1.61. The average molecular weight is 249 g/mol. The number of nitrogens with one attached hydrogen (secondary N) is 1. The molecule has 0 atom stereocenters. The van der Waals surface area contributed by atoms with Gasteiger partial charge in [0.2, 0.25) is 5.91 Å². The molecular formula is C8H9ClN2O3S. The molecule has 1 heterocycles. The second kappa shape index (κ2) is 4.59. The lowest BCUT2D eigenvalue weighted by molar-refractivity contribution is -0.113. The summed E-state index contributed by atoms with van der Waals surface area (Å²) in [6.07, 6.45) is 0.984. The van der Waals surface area contributed by atoms with E-state index in [2.05, 4.69) is 10.3 Å². The third-order valence-corrected chi connectivity index (χ3v) is 2.37. The zero-order chi connectivity index (χ0) is 11.5. The molecule has 0 bridgehead atoms. The fraction of sp³-hybridized carbons (Fsp3) is 0.250. The Morgan fingerprint density at radius 3 is 2.73 bits per heavy atom. The first-order valence-electron chi connectivity index (χ1n) is 3.97. The quantitative estimate of drug-likeness (QED) is 0.800. The number of sulfone groups is 1. The molecule has 0 unspecified atom stereocenters. The summed E-state index contributed by atoms with van der Waals surface area (Å²) < 4.78 is 21.6. The Balaban J connectivity index is 2.67. The molecule has 0 spiro atoms. The van der Waals surface area contributed by atoms with E-state index in [-0.39, 0.29) is 11.0 Å². The van der Waals surface area contributed by atoms with Crippen molar-refractivity contribution in [1.29, 1.82) is 0 Å². The van der Waals surface area contributed by atoms with Gasteiger partial charge < -0.3 is 5.32 Å². The number of hydrogen-bond acceptors (Lipinski definition) is 4. The summed E-state index contributed by atoms with van der Waals surface area (Å²) in [5.74, 6) is -0.968. The molecule has 5 nitrogen and oxygen atoms in total. The van der Waals surface area contributed by atoms with E-state index >= 15 is 0 Å². The minimum atomic E-state index is -3.33. The third kappa shape index (κ3) is 4.75. The van der Waals surface area contributed by atoms with Crippen molar-refractivity contribution in [2.24, 2.45) is 0 Å². The van der Waals surface area contributed by atoms with Crippen LogP contribution in [0.2, 0.25) is 5.15 Å². The van der Waals surface area contributed by atoms with E-state index in [1.54, 1.807) is 12.1 Å². The second-order valence-corrected chi connectivity index (χ2v) is 5.49. The van der Waals surface area contributed by atoms with Gasteiger partial charge in [0, 0.05) is 6.26 Å². The van der Waals surface area contributed by atoms with Crippen molar-refractivity contribution in [2.75, 3.05) is 17.3 Å². The molecule has 0 fully saturated rings. The molecule has 15 heavy (non-hydrogen) atoms. The number of rotatable bonds is 3. The van der Waals surface area contributed by atoms with Crippen molar-refractivity contribution < 1.29 is 13.2 Å². The number of carbonyl (C=O) groups excluding carboxylic acids is 1. The second-order valence-electron chi connectivity index (χ2n) is 2.96. The van der Waals surface area contributed by atoms with Crippen LogP contribution in [0, 0.1) is 0 Å². The van der Waals surface area contributed by atoms with Gasteiger partial charge in [-0.3, -0.25) is 4.79 Å². The Labute approximate surface area is 92.4 Å². The maximum atomic E-state index is 11.2. The van der Waals surface area contributed by atoms with Gasteiger partial charge in [-0.15, -0.1) is 0 Å². The van der Waals surface area contributed by atoms with E-state index in [1.165, 1.54) is 6.07 Å². The Morgan fingerprint density at radius 1 is 1.53 bits per heavy atom. The van der Waals surface area contributed by atoms with Gasteiger partial charge >= 0.3 is 0 Å². The number of hydrogen-bond donors (Lipinski definition) is 1. The maximum Gasteiger partial charge on any atom is 0.240 e. The van der Waals surface area contributed by atoms with Gasteiger partial charge in [-0.05, 0) is 12.1 Å². The predicted molar refractivity (Wildman–Crippen MR) is 57.6 cm³/mol. The van der Waals surface area contributed by atoms with Crippen molar-refractivity contribution in [1.82, 2.24) is 4.98 Å². The third-order valence-electron chi connectivity index (χ3n) is 1.38. The van der Waals surface area contributed by atoms with Gasteiger partial charge in [0.05, 0.1) is 0 Å². The highest BCUT2D eigenvalue weighted by molar-refractivity contribution is 7.91. The first-order valence-corrected chi connectivity index (χ1v) is 6.41. The number of aromatic nitrogens is 1. The first-order chi connectivity index (χ1) is 6.87. The van der Waals surface area contributed by atoms with Crippen molar-refractivity contribution in [3.63, 3.8) is 0 Å². The van der Waals surface area contributed by atoms with Crippen LogP contribution < -0.4 is 5.32 Å². The zero-order valence-electron chi connectivity index (χ0n) is 7.90. The normalized spacial score (nSPS) is 11.1. The van der Waals surface area contributed by atoms with Crippen LogP contribution in [0.25, 0.3) is 0 Å². The van der Waals surface area contributed by atoms with Gasteiger partial charge in [0.25, 0.3) is 0 Å². The Kier molecular flexibility index (Phi) is 3.65. The highest BCUT2D eigenvalue weighted by Crippen LogP contribution is 2.08. The SMILES string of the molecule is CS(=O)(=O)CC(=O)Nc1cccc(Cl)n1. The summed E-state index contributed by atoms with van der Waals surface area (Å²) in [5, 5.41) is 2.55. The molecule has 1 rings (SSSR count). The molecule has 0 aliphatic carbocycles. The van der Waals surface area contributed by atoms with Crippen molar-refractivity contribution >= 4 is 33.2 Å². The monoisotopic (exact) mass is 248 g/mol. The van der Waals surface area contributed by atoms with Crippen LogP contribution in [0.5, 0.6) is 0 Å². The molecule has 1 amide bonds. The summed E-state index contributed by atoms with van der Waals surface area (Å²) in [6, 6.07) is 4.67. The van der Waals surface area contributed by atoms with E-state index in [4.69, 9.17) is 11.6 Å². The van der Waals surface area contributed by atoms with Crippen LogP contribution in [0.15, 0.2) is 18.2 Å². The Hall–Kier alpha value is -1.14. The van der Waals surface area contributed by atoms with Crippen LogP contribution in [-0.4, -0.2) is 31.3 Å². The smallest absolute Gasteiger partial charge is 0.240 e. The molecule has 1 aromatic heterocycles. The lowest BCUT2D eigenvalue weighted by Crippen LogP contribution is -2.22. The van der Waals surface area contributed by atoms with Gasteiger partial charge in [-0.2, -0.15) is 0 Å². The zero-order valence-corrected chi connectivity index (χ0v) is 9.47. The minimum absolute atomic E-state index is 0.229. The van der Waals surface area contributed by atoms with Gasteiger partial charge in [-0.1, -0.05) is 17.7 Å². The van der Waals surface area contributed by atoms with E-state index in [0.29, 0.717) is 0 Å². The van der Waals surface area contributed by atoms with Crippen molar-refractivity contribution in [3.8, 4) is 0 Å². The number of carbonyl (C=O) groups is 1. The Bertz CT molecular complexity index is 473. The molecule has 7 heteroatoms. The number of amides is 1. The molecule has 1 aromatic rings. The lowest BCUT2D eigenvalue weighted by atomic mass is 10.4. The molecule has 0 radical (unpaired) electrons.